The van der Waals surface area contributed by atoms with E-state index in [1.165, 1.54) is 0 Å². The summed E-state index contributed by atoms with van der Waals surface area (Å²) in [5.41, 5.74) is 5.15. The predicted molar refractivity (Wildman–Crippen MR) is 117 cm³/mol. The SMILES string of the molecule is O=C(c1ccc(-c2ccccc2Cl)cc1)c1ccc(-c2ccccc2Cl)cc1. The molecule has 0 aliphatic heterocycles. The molecule has 0 bridgehead atoms. The largest absolute Gasteiger partial charge is 0.289 e. The Balaban J connectivity index is 1.58. The van der Waals surface area contributed by atoms with Gasteiger partial charge in [-0.25, -0.2) is 0 Å². The Morgan fingerprint density at radius 1 is 0.500 bits per heavy atom. The van der Waals surface area contributed by atoms with Gasteiger partial charge in [0.2, 0.25) is 0 Å². The molecule has 1 nitrogen and oxygen atoms in total. The van der Waals surface area contributed by atoms with Gasteiger partial charge in [0, 0.05) is 32.3 Å². The molecule has 0 amide bonds. The number of carbonyl (C=O) groups is 1. The topological polar surface area (TPSA) is 17.1 Å². The fraction of sp³-hybridized carbons (Fsp3) is 0. The quantitative estimate of drug-likeness (QED) is 0.321. The van der Waals surface area contributed by atoms with E-state index in [1.807, 2.05) is 97.1 Å². The minimum absolute atomic E-state index is 0.0172. The molecule has 0 unspecified atom stereocenters. The van der Waals surface area contributed by atoms with Crippen LogP contribution in [0.25, 0.3) is 22.3 Å². The van der Waals surface area contributed by atoms with Crippen molar-refractivity contribution in [1.29, 1.82) is 0 Å². The Bertz CT molecular complexity index is 1040. The van der Waals surface area contributed by atoms with Crippen LogP contribution >= 0.6 is 23.2 Å². The van der Waals surface area contributed by atoms with Crippen LogP contribution in [0.5, 0.6) is 0 Å². The van der Waals surface area contributed by atoms with E-state index in [-0.39, 0.29) is 5.78 Å². The van der Waals surface area contributed by atoms with Crippen molar-refractivity contribution >= 4 is 29.0 Å². The van der Waals surface area contributed by atoms with E-state index in [0.717, 1.165) is 22.3 Å². The maximum absolute atomic E-state index is 12.8. The second-order valence-corrected chi connectivity index (χ2v) is 7.26. The lowest BCUT2D eigenvalue weighted by Gasteiger charge is -2.08. The molecule has 0 atom stereocenters. The van der Waals surface area contributed by atoms with Crippen LogP contribution in [-0.2, 0) is 0 Å². The molecule has 0 saturated carbocycles. The van der Waals surface area contributed by atoms with Crippen molar-refractivity contribution in [3.63, 3.8) is 0 Å². The van der Waals surface area contributed by atoms with Crippen LogP contribution in [0, 0.1) is 0 Å². The van der Waals surface area contributed by atoms with Crippen molar-refractivity contribution in [2.75, 3.05) is 0 Å². The van der Waals surface area contributed by atoms with Gasteiger partial charge in [-0.2, -0.15) is 0 Å². The lowest BCUT2D eigenvalue weighted by atomic mass is 9.97. The van der Waals surface area contributed by atoms with E-state index in [2.05, 4.69) is 0 Å². The van der Waals surface area contributed by atoms with Gasteiger partial charge in [0.15, 0.2) is 5.78 Å². The first kappa shape index (κ1) is 18.5. The lowest BCUT2D eigenvalue weighted by molar-refractivity contribution is 0.103. The Labute approximate surface area is 174 Å². The number of hydrogen-bond donors (Lipinski definition) is 0. The molecule has 3 heteroatoms. The molecule has 0 aliphatic carbocycles. The molecule has 0 radical (unpaired) electrons. The van der Waals surface area contributed by atoms with Crippen molar-refractivity contribution in [1.82, 2.24) is 0 Å². The molecule has 0 N–H and O–H groups in total. The Morgan fingerprint density at radius 2 is 0.857 bits per heavy atom. The summed E-state index contributed by atoms with van der Waals surface area (Å²) in [5.74, 6) is -0.0172. The number of halogens is 2. The third kappa shape index (κ3) is 3.73. The fourth-order valence-corrected chi connectivity index (χ4v) is 3.65. The number of rotatable bonds is 4. The van der Waals surface area contributed by atoms with Gasteiger partial charge >= 0.3 is 0 Å². The molecule has 0 aliphatic rings. The summed E-state index contributed by atoms with van der Waals surface area (Å²) < 4.78 is 0. The second-order valence-electron chi connectivity index (χ2n) is 6.44. The van der Waals surface area contributed by atoms with Crippen LogP contribution in [0.15, 0.2) is 97.1 Å². The molecule has 0 saturated heterocycles. The van der Waals surface area contributed by atoms with E-state index >= 15 is 0 Å². The highest BCUT2D eigenvalue weighted by molar-refractivity contribution is 6.33. The molecule has 4 aromatic carbocycles. The van der Waals surface area contributed by atoms with Crippen LogP contribution in [0.3, 0.4) is 0 Å². The monoisotopic (exact) mass is 402 g/mol. The van der Waals surface area contributed by atoms with E-state index in [1.54, 1.807) is 0 Å². The Morgan fingerprint density at radius 3 is 1.21 bits per heavy atom. The highest BCUT2D eigenvalue weighted by Crippen LogP contribution is 2.29. The van der Waals surface area contributed by atoms with E-state index in [0.29, 0.717) is 21.2 Å². The number of benzene rings is 4. The highest BCUT2D eigenvalue weighted by Gasteiger charge is 2.11. The normalized spacial score (nSPS) is 10.6. The van der Waals surface area contributed by atoms with Crippen molar-refractivity contribution in [3.05, 3.63) is 118 Å². The Kier molecular flexibility index (Phi) is 5.29. The first-order chi connectivity index (χ1) is 13.6. The maximum Gasteiger partial charge on any atom is 0.193 e. The van der Waals surface area contributed by atoms with Gasteiger partial charge in [-0.3, -0.25) is 4.79 Å². The number of ketones is 1. The maximum atomic E-state index is 12.8. The molecular formula is C25H16Cl2O. The van der Waals surface area contributed by atoms with Crippen LogP contribution < -0.4 is 0 Å². The third-order valence-corrected chi connectivity index (χ3v) is 5.32. The van der Waals surface area contributed by atoms with Gasteiger partial charge in [0.25, 0.3) is 0 Å². The standard InChI is InChI=1S/C25H16Cl2O/c26-23-7-3-1-5-21(23)17-9-13-19(14-10-17)25(28)20-15-11-18(12-16-20)22-6-2-4-8-24(22)27/h1-16H. The molecule has 0 spiro atoms. The first-order valence-corrected chi connectivity index (χ1v) is 9.64. The third-order valence-electron chi connectivity index (χ3n) is 4.66. The summed E-state index contributed by atoms with van der Waals surface area (Å²) in [4.78, 5) is 12.8. The van der Waals surface area contributed by atoms with Crippen LogP contribution in [0.1, 0.15) is 15.9 Å². The van der Waals surface area contributed by atoms with Gasteiger partial charge < -0.3 is 0 Å². The van der Waals surface area contributed by atoms with E-state index in [9.17, 15) is 4.79 Å². The van der Waals surface area contributed by atoms with Crippen molar-refractivity contribution in [2.24, 2.45) is 0 Å². The summed E-state index contributed by atoms with van der Waals surface area (Å²) in [6, 6.07) is 30.4. The smallest absolute Gasteiger partial charge is 0.193 e. The van der Waals surface area contributed by atoms with Crippen LogP contribution in [0.2, 0.25) is 10.0 Å². The first-order valence-electron chi connectivity index (χ1n) is 8.88. The number of hydrogen-bond acceptors (Lipinski definition) is 1. The van der Waals surface area contributed by atoms with Gasteiger partial charge in [-0.1, -0.05) is 108 Å². The zero-order valence-electron chi connectivity index (χ0n) is 14.9. The fourth-order valence-electron chi connectivity index (χ4n) is 3.16. The summed E-state index contributed by atoms with van der Waals surface area (Å²) >= 11 is 12.5. The molecule has 28 heavy (non-hydrogen) atoms. The van der Waals surface area contributed by atoms with Crippen LogP contribution in [-0.4, -0.2) is 5.78 Å². The predicted octanol–water partition coefficient (Wildman–Crippen LogP) is 7.56. The molecular weight excluding hydrogens is 387 g/mol. The highest BCUT2D eigenvalue weighted by atomic mass is 35.5. The van der Waals surface area contributed by atoms with Crippen molar-refractivity contribution in [3.8, 4) is 22.3 Å². The summed E-state index contributed by atoms with van der Waals surface area (Å²) in [7, 11) is 0. The van der Waals surface area contributed by atoms with Crippen molar-refractivity contribution in [2.45, 2.75) is 0 Å². The van der Waals surface area contributed by atoms with Crippen molar-refractivity contribution < 1.29 is 4.79 Å². The van der Waals surface area contributed by atoms with Gasteiger partial charge in [-0.05, 0) is 23.3 Å². The molecule has 4 aromatic rings. The molecule has 0 fully saturated rings. The van der Waals surface area contributed by atoms with Gasteiger partial charge in [-0.15, -0.1) is 0 Å². The molecule has 4 rings (SSSR count). The summed E-state index contributed by atoms with van der Waals surface area (Å²) in [5, 5.41) is 1.38. The Hall–Kier alpha value is -2.87. The zero-order valence-corrected chi connectivity index (χ0v) is 16.4. The van der Waals surface area contributed by atoms with Gasteiger partial charge in [0.1, 0.15) is 0 Å². The second kappa shape index (κ2) is 8.02. The molecule has 0 aromatic heterocycles. The average molecular weight is 403 g/mol. The average Bonchev–Trinajstić information content (AvgIpc) is 2.74. The summed E-state index contributed by atoms with van der Waals surface area (Å²) in [6.45, 7) is 0. The van der Waals surface area contributed by atoms with Crippen LogP contribution in [0.4, 0.5) is 0 Å². The molecule has 0 heterocycles. The summed E-state index contributed by atoms with van der Waals surface area (Å²) in [6.07, 6.45) is 0. The van der Waals surface area contributed by atoms with Gasteiger partial charge in [0.05, 0.1) is 0 Å². The minimum atomic E-state index is -0.0172. The minimum Gasteiger partial charge on any atom is -0.289 e. The van der Waals surface area contributed by atoms with E-state index < -0.39 is 0 Å². The number of carbonyl (C=O) groups excluding carboxylic acids is 1. The zero-order chi connectivity index (χ0) is 19.5. The van der Waals surface area contributed by atoms with E-state index in [4.69, 9.17) is 23.2 Å². The lowest BCUT2D eigenvalue weighted by Crippen LogP contribution is -2.01. The molecule has 136 valence electrons.